The molecule has 0 spiro atoms. The Kier molecular flexibility index (Phi) is 3.17. The third-order valence-corrected chi connectivity index (χ3v) is 3.00. The van der Waals surface area contributed by atoms with Gasteiger partial charge in [0, 0.05) is 18.2 Å². The van der Waals surface area contributed by atoms with Gasteiger partial charge < -0.3 is 5.11 Å². The van der Waals surface area contributed by atoms with Crippen LogP contribution in [0.4, 0.5) is 4.39 Å². The van der Waals surface area contributed by atoms with Crippen molar-refractivity contribution in [1.29, 1.82) is 0 Å². The van der Waals surface area contributed by atoms with Crippen molar-refractivity contribution in [3.05, 3.63) is 40.3 Å². The smallest absolute Gasteiger partial charge is 0.124 e. The maximum absolute atomic E-state index is 13.0. The van der Waals surface area contributed by atoms with E-state index in [4.69, 9.17) is 11.6 Å². The lowest BCUT2D eigenvalue weighted by Crippen LogP contribution is -1.96. The summed E-state index contributed by atoms with van der Waals surface area (Å²) in [5.74, 6) is -0.386. The zero-order valence-electron chi connectivity index (χ0n) is 9.54. The molecule has 0 fully saturated rings. The maximum Gasteiger partial charge on any atom is 0.124 e. The van der Waals surface area contributed by atoms with E-state index < -0.39 is 0 Å². The van der Waals surface area contributed by atoms with Gasteiger partial charge in [-0.3, -0.25) is 4.68 Å². The summed E-state index contributed by atoms with van der Waals surface area (Å²) in [5.41, 5.74) is 2.83. The van der Waals surface area contributed by atoms with E-state index in [0.717, 1.165) is 11.4 Å². The highest BCUT2D eigenvalue weighted by Crippen LogP contribution is 2.32. The predicted molar refractivity (Wildman–Crippen MR) is 64.3 cm³/mol. The fraction of sp³-hybridized carbons (Fsp3) is 0.250. The van der Waals surface area contributed by atoms with E-state index in [-0.39, 0.29) is 12.4 Å². The molecule has 3 nitrogen and oxygen atoms in total. The minimum Gasteiger partial charge on any atom is -0.392 e. The van der Waals surface area contributed by atoms with Crippen LogP contribution >= 0.6 is 11.6 Å². The number of halogens is 2. The number of aliphatic hydroxyl groups is 1. The Morgan fingerprint density at radius 2 is 2.18 bits per heavy atom. The highest BCUT2D eigenvalue weighted by Gasteiger charge is 2.16. The van der Waals surface area contributed by atoms with E-state index in [1.165, 1.54) is 12.1 Å². The van der Waals surface area contributed by atoms with Crippen LogP contribution in [-0.4, -0.2) is 14.9 Å². The maximum atomic E-state index is 13.0. The molecule has 1 aromatic carbocycles. The standard InChI is InChI=1S/C12H12ClFN2O/c1-7-10(6-17)12(16(2)15-7)9-4-3-8(14)5-11(9)13/h3-5,17H,6H2,1-2H3. The van der Waals surface area contributed by atoms with Gasteiger partial charge in [-0.25, -0.2) is 4.39 Å². The molecule has 0 aliphatic heterocycles. The second kappa shape index (κ2) is 4.47. The summed E-state index contributed by atoms with van der Waals surface area (Å²) >= 11 is 6.01. The van der Waals surface area contributed by atoms with Crippen LogP contribution in [0.25, 0.3) is 11.3 Å². The average molecular weight is 255 g/mol. The third kappa shape index (κ3) is 2.06. The fourth-order valence-electron chi connectivity index (χ4n) is 1.91. The number of nitrogens with zero attached hydrogens (tertiary/aromatic N) is 2. The summed E-state index contributed by atoms with van der Waals surface area (Å²) in [6, 6.07) is 4.18. The summed E-state index contributed by atoms with van der Waals surface area (Å²) < 4.78 is 14.6. The first-order valence-electron chi connectivity index (χ1n) is 5.13. The van der Waals surface area contributed by atoms with Gasteiger partial charge in [-0.1, -0.05) is 11.6 Å². The van der Waals surface area contributed by atoms with Gasteiger partial charge in [0.05, 0.1) is 23.0 Å². The van der Waals surface area contributed by atoms with Gasteiger partial charge in [0.1, 0.15) is 5.82 Å². The summed E-state index contributed by atoms with van der Waals surface area (Å²) in [4.78, 5) is 0. The van der Waals surface area contributed by atoms with Crippen molar-refractivity contribution in [1.82, 2.24) is 9.78 Å². The molecule has 0 atom stereocenters. The molecule has 0 radical (unpaired) electrons. The number of rotatable bonds is 2. The Bertz CT molecular complexity index is 566. The molecule has 1 heterocycles. The summed E-state index contributed by atoms with van der Waals surface area (Å²) in [6.45, 7) is 1.69. The molecule has 0 bridgehead atoms. The molecule has 0 unspecified atom stereocenters. The first-order valence-corrected chi connectivity index (χ1v) is 5.51. The van der Waals surface area contributed by atoms with Crippen LogP contribution in [-0.2, 0) is 13.7 Å². The molecular formula is C12H12ClFN2O. The SMILES string of the molecule is Cc1nn(C)c(-c2ccc(F)cc2Cl)c1CO. The quantitative estimate of drug-likeness (QED) is 0.895. The van der Waals surface area contributed by atoms with E-state index in [1.807, 2.05) is 6.92 Å². The van der Waals surface area contributed by atoms with Gasteiger partial charge in [-0.05, 0) is 25.1 Å². The fourth-order valence-corrected chi connectivity index (χ4v) is 2.17. The van der Waals surface area contributed by atoms with Crippen molar-refractivity contribution in [2.45, 2.75) is 13.5 Å². The van der Waals surface area contributed by atoms with E-state index >= 15 is 0 Å². The van der Waals surface area contributed by atoms with Crippen molar-refractivity contribution in [3.8, 4) is 11.3 Å². The van der Waals surface area contributed by atoms with Crippen molar-refractivity contribution in [3.63, 3.8) is 0 Å². The minimum atomic E-state index is -0.386. The molecule has 0 amide bonds. The molecule has 17 heavy (non-hydrogen) atoms. The van der Waals surface area contributed by atoms with E-state index in [2.05, 4.69) is 5.10 Å². The Balaban J connectivity index is 2.67. The van der Waals surface area contributed by atoms with Gasteiger partial charge in [0.2, 0.25) is 0 Å². The zero-order valence-corrected chi connectivity index (χ0v) is 10.3. The van der Waals surface area contributed by atoms with Crippen molar-refractivity contribution < 1.29 is 9.50 Å². The van der Waals surface area contributed by atoms with Gasteiger partial charge in [0.25, 0.3) is 0 Å². The van der Waals surface area contributed by atoms with E-state index in [9.17, 15) is 9.50 Å². The van der Waals surface area contributed by atoms with Crippen LogP contribution in [0.15, 0.2) is 18.2 Å². The number of hydrogen-bond acceptors (Lipinski definition) is 2. The summed E-state index contributed by atoms with van der Waals surface area (Å²) in [7, 11) is 1.77. The van der Waals surface area contributed by atoms with Gasteiger partial charge in [-0.15, -0.1) is 0 Å². The van der Waals surface area contributed by atoms with Gasteiger partial charge in [0.15, 0.2) is 0 Å². The lowest BCUT2D eigenvalue weighted by Gasteiger charge is -2.07. The molecular weight excluding hydrogens is 243 g/mol. The third-order valence-electron chi connectivity index (χ3n) is 2.69. The van der Waals surface area contributed by atoms with Crippen molar-refractivity contribution >= 4 is 11.6 Å². The molecule has 90 valence electrons. The van der Waals surface area contributed by atoms with Crippen LogP contribution in [0.3, 0.4) is 0 Å². The number of aliphatic hydroxyl groups excluding tert-OH is 1. The lowest BCUT2D eigenvalue weighted by molar-refractivity contribution is 0.281. The molecule has 0 saturated carbocycles. The first kappa shape index (κ1) is 12.1. The zero-order chi connectivity index (χ0) is 12.6. The molecule has 0 aliphatic carbocycles. The second-order valence-corrected chi connectivity index (χ2v) is 4.23. The van der Waals surface area contributed by atoms with E-state index in [0.29, 0.717) is 16.1 Å². The van der Waals surface area contributed by atoms with Crippen LogP contribution < -0.4 is 0 Å². The van der Waals surface area contributed by atoms with Crippen LogP contribution in [0.5, 0.6) is 0 Å². The minimum absolute atomic E-state index is 0.122. The number of aryl methyl sites for hydroxylation is 2. The Morgan fingerprint density at radius 3 is 2.76 bits per heavy atom. The molecule has 2 aromatic rings. The Labute approximate surface area is 103 Å². The normalized spacial score (nSPS) is 10.9. The first-order chi connectivity index (χ1) is 8.04. The van der Waals surface area contributed by atoms with E-state index in [1.54, 1.807) is 17.8 Å². The van der Waals surface area contributed by atoms with Crippen LogP contribution in [0.2, 0.25) is 5.02 Å². The summed E-state index contributed by atoms with van der Waals surface area (Å²) in [6.07, 6.45) is 0. The van der Waals surface area contributed by atoms with Crippen molar-refractivity contribution in [2.24, 2.45) is 7.05 Å². The lowest BCUT2D eigenvalue weighted by atomic mass is 10.1. The van der Waals surface area contributed by atoms with Crippen molar-refractivity contribution in [2.75, 3.05) is 0 Å². The monoisotopic (exact) mass is 254 g/mol. The average Bonchev–Trinajstić information content (AvgIpc) is 2.53. The second-order valence-electron chi connectivity index (χ2n) is 3.82. The molecule has 1 aromatic heterocycles. The molecule has 2 rings (SSSR count). The van der Waals surface area contributed by atoms with Gasteiger partial charge >= 0.3 is 0 Å². The number of aromatic nitrogens is 2. The highest BCUT2D eigenvalue weighted by molar-refractivity contribution is 6.33. The Morgan fingerprint density at radius 1 is 1.47 bits per heavy atom. The van der Waals surface area contributed by atoms with Gasteiger partial charge in [-0.2, -0.15) is 5.10 Å². The molecule has 1 N–H and O–H groups in total. The topological polar surface area (TPSA) is 38.0 Å². The number of benzene rings is 1. The molecule has 0 saturated heterocycles. The van der Waals surface area contributed by atoms with Crippen LogP contribution in [0.1, 0.15) is 11.3 Å². The largest absolute Gasteiger partial charge is 0.392 e. The molecule has 5 heteroatoms. The summed E-state index contributed by atoms with van der Waals surface area (Å²) in [5, 5.41) is 13.9. The number of hydrogen-bond donors (Lipinski definition) is 1. The molecule has 0 aliphatic rings. The van der Waals surface area contributed by atoms with Crippen LogP contribution in [0, 0.1) is 12.7 Å². The highest BCUT2D eigenvalue weighted by atomic mass is 35.5. The predicted octanol–water partition coefficient (Wildman–Crippen LogP) is 2.68. The Hall–Kier alpha value is -1.39.